The van der Waals surface area contributed by atoms with Gasteiger partial charge in [-0.1, -0.05) is 52.3 Å². The second kappa shape index (κ2) is 9.94. The lowest BCUT2D eigenvalue weighted by molar-refractivity contribution is -0.109. The van der Waals surface area contributed by atoms with Crippen molar-refractivity contribution >= 4 is 23.9 Å². The maximum absolute atomic E-state index is 11.8. The molecule has 0 bridgehead atoms. The Morgan fingerprint density at radius 1 is 1.21 bits per heavy atom. The first-order valence-corrected chi connectivity index (χ1v) is 9.49. The van der Waals surface area contributed by atoms with E-state index in [1.165, 1.54) is 0 Å². The third kappa shape index (κ3) is 6.53. The molecular weight excluding hydrogens is 380 g/mol. The second-order valence-electron chi connectivity index (χ2n) is 8.44. The van der Waals surface area contributed by atoms with Crippen LogP contribution in [0.15, 0.2) is 30.0 Å². The third-order valence-corrected chi connectivity index (χ3v) is 4.57. The third-order valence-electron chi connectivity index (χ3n) is 4.27. The van der Waals surface area contributed by atoms with Gasteiger partial charge in [0.05, 0.1) is 17.7 Å². The van der Waals surface area contributed by atoms with E-state index in [1.54, 1.807) is 12.3 Å². The maximum Gasteiger partial charge on any atom is 0.319 e. The molecule has 3 N–H and O–H groups in total. The first-order chi connectivity index (χ1) is 13.0. The zero-order valence-corrected chi connectivity index (χ0v) is 18.2. The van der Waals surface area contributed by atoms with Gasteiger partial charge in [0.25, 0.3) is 0 Å². The minimum Gasteiger partial charge on any atom is -0.491 e. The Bertz CT molecular complexity index is 724. The van der Waals surface area contributed by atoms with E-state index in [4.69, 9.17) is 21.4 Å². The van der Waals surface area contributed by atoms with Crippen LogP contribution >= 0.6 is 11.6 Å². The van der Waals surface area contributed by atoms with Gasteiger partial charge in [0.1, 0.15) is 12.0 Å². The molecule has 1 atom stereocenters. The molecule has 6 nitrogen and oxygen atoms in total. The number of nitrogens with one attached hydrogen (secondary N) is 2. The fourth-order valence-electron chi connectivity index (χ4n) is 2.76. The van der Waals surface area contributed by atoms with Crippen LogP contribution in [0.3, 0.4) is 0 Å². The lowest BCUT2D eigenvalue weighted by Gasteiger charge is -2.35. The zero-order chi connectivity index (χ0) is 21.5. The summed E-state index contributed by atoms with van der Waals surface area (Å²) in [5.74, 6) is 0.614. The van der Waals surface area contributed by atoms with Gasteiger partial charge < -0.3 is 25.3 Å². The number of aldehydes is 1. The van der Waals surface area contributed by atoms with Crippen molar-refractivity contribution in [3.63, 3.8) is 0 Å². The van der Waals surface area contributed by atoms with Crippen LogP contribution in [0.5, 0.6) is 5.75 Å². The lowest BCUT2D eigenvalue weighted by atomic mass is 9.76. The van der Waals surface area contributed by atoms with Gasteiger partial charge in [0.2, 0.25) is 0 Å². The molecule has 0 saturated carbocycles. The minimum atomic E-state index is -0.402. The second-order valence-corrected chi connectivity index (χ2v) is 8.85. The maximum atomic E-state index is 11.8. The number of carbonyl (C=O) groups excluding carboxylic acids is 2. The van der Waals surface area contributed by atoms with E-state index in [1.807, 2.05) is 26.0 Å². The summed E-state index contributed by atoms with van der Waals surface area (Å²) in [6, 6.07) is 4.88. The van der Waals surface area contributed by atoms with Crippen LogP contribution in [-0.4, -0.2) is 31.1 Å². The summed E-state index contributed by atoms with van der Waals surface area (Å²) < 4.78 is 5.80. The van der Waals surface area contributed by atoms with Crippen LogP contribution in [-0.2, 0) is 4.79 Å². The predicted molar refractivity (Wildman–Crippen MR) is 111 cm³/mol. The quantitative estimate of drug-likeness (QED) is 0.612. The lowest BCUT2D eigenvalue weighted by Crippen LogP contribution is -2.44. The highest BCUT2D eigenvalue weighted by molar-refractivity contribution is 6.32. The topological polar surface area (TPSA) is 87.7 Å². The average molecular weight is 411 g/mol. The summed E-state index contributed by atoms with van der Waals surface area (Å²) in [5, 5.41) is 13.1. The average Bonchev–Trinajstić information content (AvgIpc) is 2.61. The van der Waals surface area contributed by atoms with Crippen LogP contribution in [0.1, 0.15) is 52.6 Å². The molecule has 2 amide bonds. The highest BCUT2D eigenvalue weighted by Crippen LogP contribution is 2.40. The molecule has 156 valence electrons. The first kappa shape index (κ1) is 24.0. The molecule has 28 heavy (non-hydrogen) atoms. The number of halogens is 1. The number of aliphatic hydroxyl groups is 1. The fourth-order valence-corrected chi connectivity index (χ4v) is 3.00. The number of urea groups is 1. The summed E-state index contributed by atoms with van der Waals surface area (Å²) >= 11 is 6.41. The highest BCUT2D eigenvalue weighted by atomic mass is 35.5. The minimum absolute atomic E-state index is 0.0276. The van der Waals surface area contributed by atoms with E-state index in [2.05, 4.69) is 31.4 Å². The van der Waals surface area contributed by atoms with E-state index < -0.39 is 5.41 Å². The SMILES string of the molecule is CC(C)(C)COc1ccc(C2NC(=O)NC=C2C(C)(C)CC=O)cc1Cl.CO. The van der Waals surface area contributed by atoms with Crippen molar-refractivity contribution in [1.82, 2.24) is 10.6 Å². The molecule has 0 aliphatic carbocycles. The van der Waals surface area contributed by atoms with Crippen LogP contribution in [0.4, 0.5) is 4.79 Å². The number of ether oxygens (including phenoxy) is 1. The molecule has 1 unspecified atom stereocenters. The highest BCUT2D eigenvalue weighted by Gasteiger charge is 2.34. The van der Waals surface area contributed by atoms with E-state index in [9.17, 15) is 9.59 Å². The van der Waals surface area contributed by atoms with E-state index in [0.29, 0.717) is 23.8 Å². The van der Waals surface area contributed by atoms with Gasteiger partial charge in [-0.2, -0.15) is 0 Å². The monoisotopic (exact) mass is 410 g/mol. The molecule has 0 aromatic heterocycles. The Kier molecular flexibility index (Phi) is 8.51. The van der Waals surface area contributed by atoms with Crippen LogP contribution in [0, 0.1) is 10.8 Å². The van der Waals surface area contributed by atoms with Crippen molar-refractivity contribution in [1.29, 1.82) is 0 Å². The van der Waals surface area contributed by atoms with Crippen LogP contribution in [0.25, 0.3) is 0 Å². The van der Waals surface area contributed by atoms with Gasteiger partial charge in [-0.3, -0.25) is 0 Å². The van der Waals surface area contributed by atoms with E-state index in [0.717, 1.165) is 24.5 Å². The number of aliphatic hydroxyl groups excluding tert-OH is 1. The Labute approximate surface area is 172 Å². The largest absolute Gasteiger partial charge is 0.491 e. The van der Waals surface area contributed by atoms with Gasteiger partial charge in [-0.05, 0) is 34.1 Å². The van der Waals surface area contributed by atoms with Crippen molar-refractivity contribution in [2.45, 2.75) is 47.1 Å². The van der Waals surface area contributed by atoms with Gasteiger partial charge in [0.15, 0.2) is 0 Å². The standard InChI is InChI=1S/C20H27ClN2O3.CH4O/c1-19(2,3)12-26-16-7-6-13(10-15(16)21)17-14(11-22-18(25)23-17)20(4,5)8-9-24;1-2/h6-7,9-11,17H,8,12H2,1-5H3,(H2,22,23,25);2H,1H3. The molecule has 0 spiro atoms. The summed E-state index contributed by atoms with van der Waals surface area (Å²) in [4.78, 5) is 22.9. The van der Waals surface area contributed by atoms with E-state index in [-0.39, 0.29) is 17.5 Å². The number of amides is 2. The van der Waals surface area contributed by atoms with Crippen molar-refractivity contribution < 1.29 is 19.4 Å². The molecule has 1 heterocycles. The van der Waals surface area contributed by atoms with Crippen LogP contribution < -0.4 is 15.4 Å². The molecule has 0 radical (unpaired) electrons. The summed E-state index contributed by atoms with van der Waals surface area (Å²) in [7, 11) is 1.00. The molecule has 0 saturated heterocycles. The number of hydrogen-bond donors (Lipinski definition) is 3. The normalized spacial score (nSPS) is 16.8. The number of rotatable bonds is 6. The van der Waals surface area contributed by atoms with E-state index >= 15 is 0 Å². The molecule has 0 fully saturated rings. The Morgan fingerprint density at radius 3 is 2.39 bits per heavy atom. The predicted octanol–water partition coefficient (Wildman–Crippen LogP) is 4.23. The molecular formula is C21H31ClN2O4. The number of benzene rings is 1. The van der Waals surface area contributed by atoms with Gasteiger partial charge in [-0.15, -0.1) is 0 Å². The first-order valence-electron chi connectivity index (χ1n) is 9.12. The van der Waals surface area contributed by atoms with Crippen LogP contribution in [0.2, 0.25) is 5.02 Å². The van der Waals surface area contributed by atoms with Crippen molar-refractivity contribution in [3.05, 3.63) is 40.6 Å². The molecule has 1 aliphatic rings. The zero-order valence-electron chi connectivity index (χ0n) is 17.4. The Morgan fingerprint density at radius 2 is 1.86 bits per heavy atom. The summed E-state index contributed by atoms with van der Waals surface area (Å²) in [5.41, 5.74) is 1.39. The fraction of sp³-hybridized carbons (Fsp3) is 0.524. The summed E-state index contributed by atoms with van der Waals surface area (Å²) in [6.07, 6.45) is 2.93. The Hall–Kier alpha value is -2.05. The molecule has 1 aromatic rings. The molecule has 7 heteroatoms. The number of hydrogen-bond acceptors (Lipinski definition) is 4. The van der Waals surface area contributed by atoms with Gasteiger partial charge >= 0.3 is 6.03 Å². The number of carbonyl (C=O) groups is 2. The molecule has 1 aliphatic heterocycles. The summed E-state index contributed by atoms with van der Waals surface area (Å²) in [6.45, 7) is 10.8. The van der Waals surface area contributed by atoms with Crippen molar-refractivity contribution in [3.8, 4) is 5.75 Å². The Balaban J connectivity index is 0.00000190. The smallest absolute Gasteiger partial charge is 0.319 e. The van der Waals surface area contributed by atoms with Gasteiger partial charge in [-0.25, -0.2) is 4.79 Å². The molecule has 2 rings (SSSR count). The van der Waals surface area contributed by atoms with Gasteiger partial charge in [0, 0.05) is 19.7 Å². The molecule has 1 aromatic carbocycles. The van der Waals surface area contributed by atoms with Crippen molar-refractivity contribution in [2.75, 3.05) is 13.7 Å². The van der Waals surface area contributed by atoms with Crippen molar-refractivity contribution in [2.24, 2.45) is 10.8 Å².